The van der Waals surface area contributed by atoms with E-state index in [9.17, 15) is 9.59 Å². The Kier molecular flexibility index (Phi) is 4.09. The van der Waals surface area contributed by atoms with E-state index in [-0.39, 0.29) is 11.5 Å². The van der Waals surface area contributed by atoms with E-state index >= 15 is 0 Å². The van der Waals surface area contributed by atoms with Crippen LogP contribution in [0.5, 0.6) is 0 Å². The maximum atomic E-state index is 12.4. The van der Waals surface area contributed by atoms with Crippen molar-refractivity contribution in [3.8, 4) is 0 Å². The molecule has 1 aromatic rings. The van der Waals surface area contributed by atoms with Gasteiger partial charge in [0.25, 0.3) is 0 Å². The predicted octanol–water partition coefficient (Wildman–Crippen LogP) is 2.45. The van der Waals surface area contributed by atoms with Crippen LogP contribution in [0.4, 0.5) is 5.69 Å². The SMILES string of the molecule is COCC1(C(=O)Nc2cc(C(=O)O)ccc2C)CCC1. The lowest BCUT2D eigenvalue weighted by molar-refractivity contribution is -0.134. The molecule has 0 saturated heterocycles. The Labute approximate surface area is 117 Å². The Morgan fingerprint density at radius 1 is 1.40 bits per heavy atom. The number of anilines is 1. The van der Waals surface area contributed by atoms with E-state index in [1.807, 2.05) is 6.92 Å². The molecule has 1 aliphatic rings. The van der Waals surface area contributed by atoms with Crippen LogP contribution < -0.4 is 5.32 Å². The second-order valence-electron chi connectivity index (χ2n) is 5.36. The quantitative estimate of drug-likeness (QED) is 0.866. The summed E-state index contributed by atoms with van der Waals surface area (Å²) in [5.74, 6) is -1.09. The molecule has 5 heteroatoms. The summed E-state index contributed by atoms with van der Waals surface area (Å²) in [5.41, 5.74) is 1.10. The highest BCUT2D eigenvalue weighted by Crippen LogP contribution is 2.42. The van der Waals surface area contributed by atoms with Crippen LogP contribution >= 0.6 is 0 Å². The zero-order valence-electron chi connectivity index (χ0n) is 11.7. The summed E-state index contributed by atoms with van der Waals surface area (Å²) in [6, 6.07) is 4.72. The molecule has 1 fully saturated rings. The van der Waals surface area contributed by atoms with Crippen molar-refractivity contribution in [1.29, 1.82) is 0 Å². The summed E-state index contributed by atoms with van der Waals surface area (Å²) < 4.78 is 5.15. The molecule has 1 amide bonds. The molecular weight excluding hydrogens is 258 g/mol. The molecule has 1 saturated carbocycles. The number of methoxy groups -OCH3 is 1. The number of carbonyl (C=O) groups excluding carboxylic acids is 1. The molecule has 1 aliphatic carbocycles. The van der Waals surface area contributed by atoms with Crippen molar-refractivity contribution in [3.63, 3.8) is 0 Å². The molecular formula is C15H19NO4. The average molecular weight is 277 g/mol. The summed E-state index contributed by atoms with van der Waals surface area (Å²) >= 11 is 0. The number of ether oxygens (including phenoxy) is 1. The van der Waals surface area contributed by atoms with Crippen LogP contribution in [0, 0.1) is 12.3 Å². The molecule has 0 radical (unpaired) electrons. The van der Waals surface area contributed by atoms with Crippen molar-refractivity contribution in [1.82, 2.24) is 0 Å². The maximum absolute atomic E-state index is 12.4. The van der Waals surface area contributed by atoms with Gasteiger partial charge in [-0.3, -0.25) is 4.79 Å². The van der Waals surface area contributed by atoms with E-state index < -0.39 is 11.4 Å². The Morgan fingerprint density at radius 2 is 2.10 bits per heavy atom. The van der Waals surface area contributed by atoms with Crippen molar-refractivity contribution in [2.24, 2.45) is 5.41 Å². The van der Waals surface area contributed by atoms with Gasteiger partial charge >= 0.3 is 5.97 Å². The van der Waals surface area contributed by atoms with Crippen molar-refractivity contribution in [3.05, 3.63) is 29.3 Å². The minimum absolute atomic E-state index is 0.0868. The molecule has 0 unspecified atom stereocenters. The highest BCUT2D eigenvalue weighted by Gasteiger charge is 2.44. The van der Waals surface area contributed by atoms with Gasteiger partial charge in [-0.15, -0.1) is 0 Å². The second-order valence-corrected chi connectivity index (χ2v) is 5.36. The lowest BCUT2D eigenvalue weighted by atomic mass is 9.68. The van der Waals surface area contributed by atoms with E-state index in [2.05, 4.69) is 5.32 Å². The Hall–Kier alpha value is -1.88. The highest BCUT2D eigenvalue weighted by molar-refractivity contribution is 5.98. The average Bonchev–Trinajstić information content (AvgIpc) is 2.36. The fourth-order valence-corrected chi connectivity index (χ4v) is 2.46. The molecule has 2 rings (SSSR count). The first kappa shape index (κ1) is 14.5. The molecule has 0 atom stereocenters. The van der Waals surface area contributed by atoms with E-state index in [0.29, 0.717) is 12.3 Å². The maximum Gasteiger partial charge on any atom is 0.335 e. The number of carboxylic acids is 1. The van der Waals surface area contributed by atoms with Crippen LogP contribution in [0.3, 0.4) is 0 Å². The van der Waals surface area contributed by atoms with Crippen molar-refractivity contribution in [2.45, 2.75) is 26.2 Å². The molecule has 0 spiro atoms. The standard InChI is InChI=1S/C15H19NO4/c1-10-4-5-11(13(17)18)8-12(10)16-14(19)15(9-20-2)6-3-7-15/h4-5,8H,3,6-7,9H2,1-2H3,(H,16,19)(H,17,18). The normalized spacial score (nSPS) is 16.3. The van der Waals surface area contributed by atoms with Gasteiger partial charge in [-0.2, -0.15) is 0 Å². The first-order valence-corrected chi connectivity index (χ1v) is 6.63. The van der Waals surface area contributed by atoms with Crippen LogP contribution in [0.15, 0.2) is 18.2 Å². The molecule has 2 N–H and O–H groups in total. The number of carboxylic acid groups (broad SMARTS) is 1. The first-order valence-electron chi connectivity index (χ1n) is 6.63. The number of aromatic carboxylic acids is 1. The van der Waals surface area contributed by atoms with Gasteiger partial charge in [0.15, 0.2) is 0 Å². The van der Waals surface area contributed by atoms with E-state index in [1.165, 1.54) is 12.1 Å². The molecule has 0 bridgehead atoms. The summed E-state index contributed by atoms with van der Waals surface area (Å²) in [7, 11) is 1.59. The van der Waals surface area contributed by atoms with Gasteiger partial charge < -0.3 is 15.2 Å². The molecule has 108 valence electrons. The number of amides is 1. The zero-order chi connectivity index (χ0) is 14.8. The van der Waals surface area contributed by atoms with Gasteiger partial charge in [-0.05, 0) is 37.5 Å². The molecule has 0 heterocycles. The third-order valence-electron chi connectivity index (χ3n) is 3.95. The van der Waals surface area contributed by atoms with Gasteiger partial charge in [0.2, 0.25) is 5.91 Å². The Balaban J connectivity index is 2.19. The minimum atomic E-state index is -1.00. The molecule has 20 heavy (non-hydrogen) atoms. The number of benzene rings is 1. The number of rotatable bonds is 5. The smallest absolute Gasteiger partial charge is 0.335 e. The molecule has 5 nitrogen and oxygen atoms in total. The van der Waals surface area contributed by atoms with Crippen molar-refractivity contribution >= 4 is 17.6 Å². The van der Waals surface area contributed by atoms with Crippen LogP contribution in [-0.2, 0) is 9.53 Å². The van der Waals surface area contributed by atoms with Gasteiger partial charge in [0.05, 0.1) is 17.6 Å². The monoisotopic (exact) mass is 277 g/mol. The number of aryl methyl sites for hydroxylation is 1. The van der Waals surface area contributed by atoms with Crippen LogP contribution in [-0.4, -0.2) is 30.7 Å². The molecule has 0 aliphatic heterocycles. The first-order chi connectivity index (χ1) is 9.48. The topological polar surface area (TPSA) is 75.6 Å². The third-order valence-corrected chi connectivity index (χ3v) is 3.95. The highest BCUT2D eigenvalue weighted by atomic mass is 16.5. The summed E-state index contributed by atoms with van der Waals surface area (Å²) in [6.45, 7) is 2.24. The fourth-order valence-electron chi connectivity index (χ4n) is 2.46. The Bertz CT molecular complexity index is 535. The number of carbonyl (C=O) groups is 2. The Morgan fingerprint density at radius 3 is 2.60 bits per heavy atom. The lowest BCUT2D eigenvalue weighted by Gasteiger charge is -2.39. The molecule has 1 aromatic carbocycles. The van der Waals surface area contributed by atoms with Crippen molar-refractivity contribution in [2.75, 3.05) is 19.0 Å². The van der Waals surface area contributed by atoms with Gasteiger partial charge in [0, 0.05) is 12.8 Å². The lowest BCUT2D eigenvalue weighted by Crippen LogP contribution is -2.45. The van der Waals surface area contributed by atoms with E-state index in [1.54, 1.807) is 13.2 Å². The minimum Gasteiger partial charge on any atom is -0.478 e. The number of nitrogens with one attached hydrogen (secondary N) is 1. The summed E-state index contributed by atoms with van der Waals surface area (Å²) in [6.07, 6.45) is 2.64. The summed E-state index contributed by atoms with van der Waals surface area (Å²) in [5, 5.41) is 11.9. The van der Waals surface area contributed by atoms with E-state index in [4.69, 9.17) is 9.84 Å². The zero-order valence-corrected chi connectivity index (χ0v) is 11.7. The van der Waals surface area contributed by atoms with E-state index in [0.717, 1.165) is 24.8 Å². The summed E-state index contributed by atoms with van der Waals surface area (Å²) in [4.78, 5) is 23.4. The van der Waals surface area contributed by atoms with Gasteiger partial charge in [0.1, 0.15) is 0 Å². The van der Waals surface area contributed by atoms with Gasteiger partial charge in [-0.1, -0.05) is 12.5 Å². The molecule has 0 aromatic heterocycles. The number of hydrogen-bond donors (Lipinski definition) is 2. The van der Waals surface area contributed by atoms with Crippen molar-refractivity contribution < 1.29 is 19.4 Å². The largest absolute Gasteiger partial charge is 0.478 e. The van der Waals surface area contributed by atoms with Crippen LogP contribution in [0.25, 0.3) is 0 Å². The van der Waals surface area contributed by atoms with Crippen LogP contribution in [0.1, 0.15) is 35.2 Å². The second kappa shape index (κ2) is 5.63. The van der Waals surface area contributed by atoms with Crippen LogP contribution in [0.2, 0.25) is 0 Å². The third kappa shape index (κ3) is 2.67. The fraction of sp³-hybridized carbons (Fsp3) is 0.467. The predicted molar refractivity (Wildman–Crippen MR) is 74.9 cm³/mol. The van der Waals surface area contributed by atoms with Gasteiger partial charge in [-0.25, -0.2) is 4.79 Å². The number of hydrogen-bond acceptors (Lipinski definition) is 3.